The van der Waals surface area contributed by atoms with E-state index >= 15 is 0 Å². The van der Waals surface area contributed by atoms with E-state index in [1.165, 1.54) is 4.68 Å². The van der Waals surface area contributed by atoms with E-state index in [2.05, 4.69) is 15.5 Å². The normalized spacial score (nSPS) is 12.8. The number of carbonyl (C=O) groups is 1. The predicted octanol–water partition coefficient (Wildman–Crippen LogP) is 1.91. The topological polar surface area (TPSA) is 94.0 Å². The van der Waals surface area contributed by atoms with Gasteiger partial charge >= 0.3 is 5.97 Å². The molecule has 0 aliphatic rings. The van der Waals surface area contributed by atoms with Crippen LogP contribution in [0.1, 0.15) is 32.1 Å². The van der Waals surface area contributed by atoms with Crippen molar-refractivity contribution < 1.29 is 14.3 Å². The first-order valence-electron chi connectivity index (χ1n) is 6.05. The average Bonchev–Trinajstić information content (AvgIpc) is 2.93. The van der Waals surface area contributed by atoms with Crippen molar-refractivity contribution in [3.8, 4) is 11.6 Å². The Balaban J connectivity index is 2.39. The summed E-state index contributed by atoms with van der Waals surface area (Å²) in [4.78, 5) is 11.0. The average molecular weight is 264 g/mol. The number of aromatic nitrogens is 4. The van der Waals surface area contributed by atoms with Crippen molar-refractivity contribution in [1.82, 2.24) is 20.2 Å². The van der Waals surface area contributed by atoms with Gasteiger partial charge in [-0.15, -0.1) is 5.10 Å². The summed E-state index contributed by atoms with van der Waals surface area (Å²) in [5, 5.41) is 20.5. The third-order valence-corrected chi connectivity index (χ3v) is 2.92. The van der Waals surface area contributed by atoms with Crippen molar-refractivity contribution >= 4 is 5.97 Å². The Labute approximate surface area is 110 Å². The Morgan fingerprint density at radius 2 is 2.21 bits per heavy atom. The molecule has 2 aromatic rings. The zero-order valence-corrected chi connectivity index (χ0v) is 11.1. The standard InChI is InChI=1S/C12H16N4O3/c1-7(2)9(6-11(17)18)16-12(13-14-15-16)10-5-4-8(3)19-10/h4-5,7,9H,6H2,1-3H3,(H,17,18). The quantitative estimate of drug-likeness (QED) is 0.886. The lowest BCUT2D eigenvalue weighted by molar-refractivity contribution is -0.138. The Bertz CT molecular complexity index is 573. The van der Waals surface area contributed by atoms with Crippen LogP contribution in [0.15, 0.2) is 16.5 Å². The van der Waals surface area contributed by atoms with Crippen LogP contribution in [0.4, 0.5) is 0 Å². The molecular formula is C12H16N4O3. The van der Waals surface area contributed by atoms with Crippen molar-refractivity contribution in [1.29, 1.82) is 0 Å². The third kappa shape index (κ3) is 2.81. The molecule has 0 fully saturated rings. The first-order chi connectivity index (χ1) is 8.99. The maximum atomic E-state index is 11.0. The van der Waals surface area contributed by atoms with Gasteiger partial charge in [-0.2, -0.15) is 0 Å². The SMILES string of the molecule is Cc1ccc(-c2nnnn2C(CC(=O)O)C(C)C)o1. The van der Waals surface area contributed by atoms with Crippen molar-refractivity contribution in [2.75, 3.05) is 0 Å². The second-order valence-corrected chi connectivity index (χ2v) is 4.77. The molecule has 0 amide bonds. The summed E-state index contributed by atoms with van der Waals surface area (Å²) in [7, 11) is 0. The smallest absolute Gasteiger partial charge is 0.305 e. The number of furan rings is 1. The Morgan fingerprint density at radius 3 is 2.74 bits per heavy atom. The number of tetrazole rings is 1. The first-order valence-corrected chi connectivity index (χ1v) is 6.05. The summed E-state index contributed by atoms with van der Waals surface area (Å²) in [6.07, 6.45) is -0.0323. The maximum Gasteiger partial charge on any atom is 0.305 e. The lowest BCUT2D eigenvalue weighted by Gasteiger charge is -2.19. The first kappa shape index (κ1) is 13.3. The lowest BCUT2D eigenvalue weighted by atomic mass is 10.0. The number of carboxylic acid groups (broad SMARTS) is 1. The number of carboxylic acids is 1. The number of aliphatic carboxylic acids is 1. The van der Waals surface area contributed by atoms with E-state index in [9.17, 15) is 4.79 Å². The lowest BCUT2D eigenvalue weighted by Crippen LogP contribution is -2.21. The number of aryl methyl sites for hydroxylation is 1. The molecule has 102 valence electrons. The monoisotopic (exact) mass is 264 g/mol. The van der Waals surface area contributed by atoms with Crippen LogP contribution in [-0.4, -0.2) is 31.3 Å². The van der Waals surface area contributed by atoms with Crippen LogP contribution in [0, 0.1) is 12.8 Å². The third-order valence-electron chi connectivity index (χ3n) is 2.92. The van der Waals surface area contributed by atoms with Gasteiger partial charge in [0.25, 0.3) is 0 Å². The van der Waals surface area contributed by atoms with E-state index in [1.54, 1.807) is 6.07 Å². The summed E-state index contributed by atoms with van der Waals surface area (Å²) in [5.41, 5.74) is 0. The fourth-order valence-electron chi connectivity index (χ4n) is 1.92. The summed E-state index contributed by atoms with van der Waals surface area (Å²) >= 11 is 0. The van der Waals surface area contributed by atoms with Gasteiger partial charge in [-0.1, -0.05) is 13.8 Å². The molecule has 0 saturated carbocycles. The van der Waals surface area contributed by atoms with Crippen LogP contribution in [-0.2, 0) is 4.79 Å². The molecule has 1 atom stereocenters. The minimum absolute atomic E-state index is 0.0323. The van der Waals surface area contributed by atoms with E-state index in [4.69, 9.17) is 9.52 Å². The van der Waals surface area contributed by atoms with Gasteiger partial charge in [-0.25, -0.2) is 4.68 Å². The van der Waals surface area contributed by atoms with Crippen LogP contribution in [0.3, 0.4) is 0 Å². The van der Waals surface area contributed by atoms with Crippen molar-refractivity contribution in [3.63, 3.8) is 0 Å². The minimum Gasteiger partial charge on any atom is -0.481 e. The highest BCUT2D eigenvalue weighted by atomic mass is 16.4. The maximum absolute atomic E-state index is 11.0. The Hall–Kier alpha value is -2.18. The molecule has 2 aromatic heterocycles. The van der Waals surface area contributed by atoms with E-state index in [-0.39, 0.29) is 18.4 Å². The molecule has 1 unspecified atom stereocenters. The molecule has 0 saturated heterocycles. The molecule has 7 heteroatoms. The van der Waals surface area contributed by atoms with Gasteiger partial charge in [0.1, 0.15) is 5.76 Å². The molecule has 0 aliphatic carbocycles. The molecule has 1 N–H and O–H groups in total. The van der Waals surface area contributed by atoms with Crippen LogP contribution in [0.25, 0.3) is 11.6 Å². The van der Waals surface area contributed by atoms with Crippen molar-refractivity contribution in [2.24, 2.45) is 5.92 Å². The number of nitrogens with zero attached hydrogens (tertiary/aromatic N) is 4. The molecule has 2 heterocycles. The predicted molar refractivity (Wildman–Crippen MR) is 66.4 cm³/mol. The van der Waals surface area contributed by atoms with Crippen LogP contribution >= 0.6 is 0 Å². The second-order valence-electron chi connectivity index (χ2n) is 4.77. The van der Waals surface area contributed by atoms with Gasteiger partial charge in [0.2, 0.25) is 5.82 Å². The summed E-state index contributed by atoms with van der Waals surface area (Å²) < 4.78 is 7.02. The van der Waals surface area contributed by atoms with Gasteiger partial charge in [0.05, 0.1) is 12.5 Å². The molecule has 0 radical (unpaired) electrons. The summed E-state index contributed by atoms with van der Waals surface area (Å²) in [6, 6.07) is 3.28. The summed E-state index contributed by atoms with van der Waals surface area (Å²) in [6.45, 7) is 5.70. The number of hydrogen-bond donors (Lipinski definition) is 1. The fourth-order valence-corrected chi connectivity index (χ4v) is 1.92. The number of hydrogen-bond acceptors (Lipinski definition) is 5. The highest BCUT2D eigenvalue weighted by molar-refractivity contribution is 5.67. The van der Waals surface area contributed by atoms with Gasteiger partial charge < -0.3 is 9.52 Å². The van der Waals surface area contributed by atoms with E-state index < -0.39 is 5.97 Å². The van der Waals surface area contributed by atoms with Crippen LogP contribution in [0.5, 0.6) is 0 Å². The van der Waals surface area contributed by atoms with Gasteiger partial charge in [0.15, 0.2) is 5.76 Å². The van der Waals surface area contributed by atoms with E-state index in [0.29, 0.717) is 11.6 Å². The van der Waals surface area contributed by atoms with Gasteiger partial charge in [-0.05, 0) is 35.4 Å². The van der Waals surface area contributed by atoms with Gasteiger partial charge in [-0.3, -0.25) is 4.79 Å². The van der Waals surface area contributed by atoms with E-state index in [1.807, 2.05) is 26.8 Å². The molecule has 7 nitrogen and oxygen atoms in total. The zero-order valence-electron chi connectivity index (χ0n) is 11.1. The zero-order chi connectivity index (χ0) is 14.0. The fraction of sp³-hybridized carbons (Fsp3) is 0.500. The van der Waals surface area contributed by atoms with Crippen LogP contribution < -0.4 is 0 Å². The van der Waals surface area contributed by atoms with Crippen molar-refractivity contribution in [2.45, 2.75) is 33.2 Å². The minimum atomic E-state index is -0.879. The van der Waals surface area contributed by atoms with E-state index in [0.717, 1.165) is 5.76 Å². The van der Waals surface area contributed by atoms with Gasteiger partial charge in [0, 0.05) is 0 Å². The molecule has 0 bridgehead atoms. The molecule has 0 spiro atoms. The summed E-state index contributed by atoms with van der Waals surface area (Å²) in [5.74, 6) is 0.959. The molecule has 2 rings (SSSR count). The molecule has 0 aliphatic heterocycles. The van der Waals surface area contributed by atoms with Crippen LogP contribution in [0.2, 0.25) is 0 Å². The number of rotatable bonds is 5. The molecule has 19 heavy (non-hydrogen) atoms. The molecular weight excluding hydrogens is 248 g/mol. The second kappa shape index (κ2) is 5.21. The Kier molecular flexibility index (Phi) is 3.64. The highest BCUT2D eigenvalue weighted by Gasteiger charge is 2.25. The van der Waals surface area contributed by atoms with Crippen molar-refractivity contribution in [3.05, 3.63) is 17.9 Å². The highest BCUT2D eigenvalue weighted by Crippen LogP contribution is 2.27. The largest absolute Gasteiger partial charge is 0.481 e. The Morgan fingerprint density at radius 1 is 1.47 bits per heavy atom. The molecule has 0 aromatic carbocycles.